The Morgan fingerprint density at radius 3 is 2.69 bits per heavy atom. The van der Waals surface area contributed by atoms with Crippen LogP contribution in [0.5, 0.6) is 5.75 Å². The molecule has 0 spiro atoms. The zero-order chi connectivity index (χ0) is 20.5. The number of carbonyl (C=O) groups is 1. The van der Waals surface area contributed by atoms with E-state index in [0.29, 0.717) is 5.75 Å². The Balaban J connectivity index is 1.46. The zero-order valence-corrected chi connectivity index (χ0v) is 18.1. The number of benzene rings is 1. The van der Waals surface area contributed by atoms with Crippen LogP contribution in [0, 0.1) is 26.7 Å². The first-order chi connectivity index (χ1) is 14.0. The summed E-state index contributed by atoms with van der Waals surface area (Å²) in [4.78, 5) is 26.5. The third kappa shape index (κ3) is 3.79. The van der Waals surface area contributed by atoms with Gasteiger partial charge < -0.3 is 15.0 Å². The Hall–Kier alpha value is -2.67. The summed E-state index contributed by atoms with van der Waals surface area (Å²) >= 11 is 1.71. The fourth-order valence-electron chi connectivity index (χ4n) is 3.91. The van der Waals surface area contributed by atoms with Gasteiger partial charge >= 0.3 is 0 Å². The van der Waals surface area contributed by atoms with Crippen LogP contribution in [0.2, 0.25) is 0 Å². The Bertz CT molecular complexity index is 1050. The van der Waals surface area contributed by atoms with E-state index >= 15 is 0 Å². The van der Waals surface area contributed by atoms with Crippen LogP contribution in [0.3, 0.4) is 0 Å². The molecule has 7 heteroatoms. The van der Waals surface area contributed by atoms with Crippen LogP contribution >= 0.6 is 11.3 Å². The number of hydrogen-bond acceptors (Lipinski definition) is 6. The van der Waals surface area contributed by atoms with E-state index in [1.54, 1.807) is 24.8 Å². The van der Waals surface area contributed by atoms with Crippen molar-refractivity contribution in [3.8, 4) is 5.75 Å². The lowest BCUT2D eigenvalue weighted by Crippen LogP contribution is -2.38. The lowest BCUT2D eigenvalue weighted by atomic mass is 9.95. The highest BCUT2D eigenvalue weighted by Crippen LogP contribution is 2.36. The average Bonchev–Trinajstić information content (AvgIpc) is 3.02. The molecule has 2 aromatic heterocycles. The predicted molar refractivity (Wildman–Crippen MR) is 118 cm³/mol. The molecule has 0 saturated carbocycles. The van der Waals surface area contributed by atoms with E-state index in [2.05, 4.69) is 34.0 Å². The molecule has 0 atom stereocenters. The number of fused-ring (bicyclic) bond motifs is 1. The number of aryl methyl sites for hydroxylation is 3. The van der Waals surface area contributed by atoms with Gasteiger partial charge in [0.05, 0.1) is 18.2 Å². The third-order valence-electron chi connectivity index (χ3n) is 5.72. The van der Waals surface area contributed by atoms with Crippen molar-refractivity contribution in [2.75, 3.05) is 30.4 Å². The normalized spacial score (nSPS) is 15.0. The number of thiophene rings is 1. The summed E-state index contributed by atoms with van der Waals surface area (Å²) in [5.41, 5.74) is 3.08. The van der Waals surface area contributed by atoms with Crippen molar-refractivity contribution in [3.63, 3.8) is 0 Å². The molecular formula is C22H26N4O2S. The van der Waals surface area contributed by atoms with Gasteiger partial charge in [-0.15, -0.1) is 11.3 Å². The van der Waals surface area contributed by atoms with Crippen molar-refractivity contribution in [2.45, 2.75) is 33.6 Å². The second-order valence-electron chi connectivity index (χ2n) is 7.61. The minimum absolute atomic E-state index is 0.0147. The first kappa shape index (κ1) is 19.6. The zero-order valence-electron chi connectivity index (χ0n) is 17.3. The maximum atomic E-state index is 12.9. The lowest BCUT2D eigenvalue weighted by Gasteiger charge is -2.32. The van der Waals surface area contributed by atoms with Gasteiger partial charge in [0.1, 0.15) is 22.7 Å². The molecule has 1 N–H and O–H groups in total. The van der Waals surface area contributed by atoms with Gasteiger partial charge in [0.25, 0.3) is 0 Å². The smallest absolute Gasteiger partial charge is 0.227 e. The molecule has 4 rings (SSSR count). The van der Waals surface area contributed by atoms with Crippen molar-refractivity contribution in [1.29, 1.82) is 0 Å². The first-order valence-corrected chi connectivity index (χ1v) is 10.7. The van der Waals surface area contributed by atoms with Crippen molar-refractivity contribution < 1.29 is 9.53 Å². The van der Waals surface area contributed by atoms with Crippen molar-refractivity contribution in [2.24, 2.45) is 5.92 Å². The summed E-state index contributed by atoms with van der Waals surface area (Å²) in [7, 11) is 1.62. The van der Waals surface area contributed by atoms with Crippen LogP contribution in [0.1, 0.15) is 28.8 Å². The molecule has 1 amide bonds. The molecule has 1 aliphatic heterocycles. The molecular weight excluding hydrogens is 384 g/mol. The van der Waals surface area contributed by atoms with Crippen LogP contribution in [0.25, 0.3) is 10.2 Å². The quantitative estimate of drug-likeness (QED) is 0.687. The average molecular weight is 411 g/mol. The summed E-state index contributed by atoms with van der Waals surface area (Å²) in [6.45, 7) is 7.88. The number of nitrogens with zero attached hydrogens (tertiary/aromatic N) is 3. The summed E-state index contributed by atoms with van der Waals surface area (Å²) in [5.74, 6) is 1.73. The minimum atomic E-state index is -0.0147. The topological polar surface area (TPSA) is 67.3 Å². The number of carbonyl (C=O) groups excluding carboxylic acids is 1. The summed E-state index contributed by atoms with van der Waals surface area (Å²) in [6.07, 6.45) is 3.25. The number of nitrogens with one attached hydrogen (secondary N) is 1. The molecule has 1 saturated heterocycles. The molecule has 29 heavy (non-hydrogen) atoms. The minimum Gasteiger partial charge on any atom is -0.495 e. The molecule has 3 heterocycles. The predicted octanol–water partition coefficient (Wildman–Crippen LogP) is 4.48. The van der Waals surface area contributed by atoms with Crippen LogP contribution in [-0.2, 0) is 4.79 Å². The second-order valence-corrected chi connectivity index (χ2v) is 8.82. The summed E-state index contributed by atoms with van der Waals surface area (Å²) in [6, 6.07) is 5.81. The fraction of sp³-hybridized carbons (Fsp3) is 0.409. The fourth-order valence-corrected chi connectivity index (χ4v) is 4.90. The number of hydrogen-bond donors (Lipinski definition) is 1. The van der Waals surface area contributed by atoms with E-state index in [-0.39, 0.29) is 11.8 Å². The maximum Gasteiger partial charge on any atom is 0.227 e. The number of ether oxygens (including phenoxy) is 1. The van der Waals surface area contributed by atoms with E-state index in [0.717, 1.165) is 53.2 Å². The monoisotopic (exact) mass is 410 g/mol. The molecule has 1 fully saturated rings. The number of rotatable bonds is 4. The van der Waals surface area contributed by atoms with Gasteiger partial charge in [-0.05, 0) is 56.9 Å². The van der Waals surface area contributed by atoms with Gasteiger partial charge in [-0.3, -0.25) is 4.79 Å². The van der Waals surface area contributed by atoms with E-state index in [9.17, 15) is 4.79 Å². The van der Waals surface area contributed by atoms with Gasteiger partial charge in [0.2, 0.25) is 5.91 Å². The van der Waals surface area contributed by atoms with E-state index in [1.807, 2.05) is 25.1 Å². The van der Waals surface area contributed by atoms with Gasteiger partial charge in [-0.1, -0.05) is 6.07 Å². The molecule has 152 valence electrons. The van der Waals surface area contributed by atoms with Crippen molar-refractivity contribution in [3.05, 3.63) is 40.5 Å². The molecule has 3 aromatic rings. The highest BCUT2D eigenvalue weighted by Gasteiger charge is 2.28. The third-order valence-corrected chi connectivity index (χ3v) is 6.84. The summed E-state index contributed by atoms with van der Waals surface area (Å²) in [5, 5.41) is 4.22. The number of anilines is 2. The number of piperidine rings is 1. The van der Waals surface area contributed by atoms with Crippen LogP contribution in [0.4, 0.5) is 11.5 Å². The molecule has 0 unspecified atom stereocenters. The first-order valence-electron chi connectivity index (χ1n) is 9.89. The second kappa shape index (κ2) is 7.99. The number of aromatic nitrogens is 2. The van der Waals surface area contributed by atoms with Gasteiger partial charge in [0.15, 0.2) is 0 Å². The largest absolute Gasteiger partial charge is 0.495 e. The van der Waals surface area contributed by atoms with Crippen LogP contribution in [0.15, 0.2) is 24.5 Å². The van der Waals surface area contributed by atoms with E-state index < -0.39 is 0 Å². The molecule has 1 aliphatic rings. The Labute approximate surface area is 174 Å². The molecule has 0 aliphatic carbocycles. The highest BCUT2D eigenvalue weighted by molar-refractivity contribution is 7.18. The SMILES string of the molecule is COc1ccc(C)cc1NC(=O)C1CCN(c2ncnc3sc(C)c(C)c23)CC1. The molecule has 6 nitrogen and oxygen atoms in total. The van der Waals surface area contributed by atoms with Crippen molar-refractivity contribution >= 4 is 39.0 Å². The lowest BCUT2D eigenvalue weighted by molar-refractivity contribution is -0.120. The maximum absolute atomic E-state index is 12.9. The Morgan fingerprint density at radius 2 is 1.97 bits per heavy atom. The van der Waals surface area contributed by atoms with Gasteiger partial charge in [-0.2, -0.15) is 0 Å². The highest BCUT2D eigenvalue weighted by atomic mass is 32.1. The Morgan fingerprint density at radius 1 is 1.21 bits per heavy atom. The van der Waals surface area contributed by atoms with Crippen LogP contribution in [-0.4, -0.2) is 36.1 Å². The number of amides is 1. The van der Waals surface area contributed by atoms with Gasteiger partial charge in [-0.25, -0.2) is 9.97 Å². The Kier molecular flexibility index (Phi) is 5.41. The summed E-state index contributed by atoms with van der Waals surface area (Å²) < 4.78 is 5.38. The van der Waals surface area contributed by atoms with E-state index in [1.165, 1.54) is 10.4 Å². The molecule has 1 aromatic carbocycles. The molecule has 0 bridgehead atoms. The van der Waals surface area contributed by atoms with Gasteiger partial charge in [0, 0.05) is 23.9 Å². The standard InChI is InChI=1S/C22H26N4O2S/c1-13-5-6-18(28-4)17(11-13)25-21(27)16-7-9-26(10-8-16)20-19-14(2)15(3)29-22(19)24-12-23-20/h5-6,11-12,16H,7-10H2,1-4H3,(H,25,27). The van der Waals surface area contributed by atoms with Crippen molar-refractivity contribution in [1.82, 2.24) is 9.97 Å². The number of methoxy groups -OCH3 is 1. The van der Waals surface area contributed by atoms with E-state index in [4.69, 9.17) is 4.74 Å². The van der Waals surface area contributed by atoms with Crippen LogP contribution < -0.4 is 15.0 Å². The molecule has 0 radical (unpaired) electrons.